The first-order valence-corrected chi connectivity index (χ1v) is 14.3. The van der Waals surface area contributed by atoms with Gasteiger partial charge in [-0.2, -0.15) is 0 Å². The average molecular weight is 449 g/mol. The Bertz CT molecular complexity index is 521. The molecule has 3 unspecified atom stereocenters. The first kappa shape index (κ1) is 29.3. The number of aliphatic hydroxyl groups is 2. The van der Waals surface area contributed by atoms with Gasteiger partial charge >= 0.3 is 0 Å². The van der Waals surface area contributed by atoms with Crippen molar-refractivity contribution in [2.75, 3.05) is 0 Å². The lowest BCUT2D eigenvalue weighted by Crippen LogP contribution is -2.37. The molecule has 0 aromatic heterocycles. The Balaban J connectivity index is 2.31. The van der Waals surface area contributed by atoms with Crippen LogP contribution in [0.15, 0.2) is 23.5 Å². The zero-order valence-corrected chi connectivity index (χ0v) is 22.1. The van der Waals surface area contributed by atoms with Crippen molar-refractivity contribution in [3.63, 3.8) is 0 Å². The standard InChI is InChI=1S/C30H56O2/c1-5-7-9-11-13-15-17-19-21-26(3)28-25-30(32,24-23-29(28)31)27(4)22-20-18-16-14-12-10-8-6-2/h23-24,26-27,31-32H,5-22,25H2,1-4H3. The fourth-order valence-electron chi connectivity index (χ4n) is 5.14. The second-order valence-electron chi connectivity index (χ2n) is 10.7. The Labute approximate surface area is 201 Å². The Hall–Kier alpha value is -0.760. The molecule has 0 heterocycles. The third kappa shape index (κ3) is 11.9. The van der Waals surface area contributed by atoms with E-state index in [-0.39, 0.29) is 5.92 Å². The van der Waals surface area contributed by atoms with Crippen LogP contribution in [0.1, 0.15) is 150 Å². The van der Waals surface area contributed by atoms with Crippen LogP contribution < -0.4 is 0 Å². The number of rotatable bonds is 20. The minimum absolute atomic E-state index is 0.234. The third-order valence-electron chi connectivity index (χ3n) is 7.76. The van der Waals surface area contributed by atoms with E-state index in [1.807, 2.05) is 6.08 Å². The van der Waals surface area contributed by atoms with E-state index in [2.05, 4.69) is 27.7 Å². The van der Waals surface area contributed by atoms with Gasteiger partial charge in [0, 0.05) is 6.42 Å². The van der Waals surface area contributed by atoms with Gasteiger partial charge in [0.05, 0.1) is 5.60 Å². The molecule has 188 valence electrons. The second kappa shape index (κ2) is 17.7. The number of allylic oxidation sites excluding steroid dienone is 1. The van der Waals surface area contributed by atoms with Crippen molar-refractivity contribution >= 4 is 0 Å². The minimum Gasteiger partial charge on any atom is -0.508 e. The molecular formula is C30H56O2. The maximum absolute atomic E-state index is 11.4. The summed E-state index contributed by atoms with van der Waals surface area (Å²) < 4.78 is 0. The molecule has 32 heavy (non-hydrogen) atoms. The molecule has 1 aliphatic rings. The van der Waals surface area contributed by atoms with Crippen LogP contribution in [0.2, 0.25) is 0 Å². The molecule has 2 nitrogen and oxygen atoms in total. The van der Waals surface area contributed by atoms with Gasteiger partial charge in [-0.1, -0.05) is 130 Å². The molecule has 1 aliphatic carbocycles. The highest BCUT2D eigenvalue weighted by molar-refractivity contribution is 5.31. The van der Waals surface area contributed by atoms with Crippen LogP contribution >= 0.6 is 0 Å². The smallest absolute Gasteiger partial charge is 0.114 e. The quantitative estimate of drug-likeness (QED) is 0.182. The first-order chi connectivity index (χ1) is 15.4. The van der Waals surface area contributed by atoms with Gasteiger partial charge in [-0.15, -0.1) is 0 Å². The van der Waals surface area contributed by atoms with Crippen molar-refractivity contribution in [1.29, 1.82) is 0 Å². The Morgan fingerprint density at radius 1 is 0.719 bits per heavy atom. The molecule has 0 aromatic rings. The highest BCUT2D eigenvalue weighted by atomic mass is 16.3. The summed E-state index contributed by atoms with van der Waals surface area (Å²) in [6.45, 7) is 8.96. The second-order valence-corrected chi connectivity index (χ2v) is 10.7. The molecule has 2 N–H and O–H groups in total. The zero-order valence-electron chi connectivity index (χ0n) is 22.1. The minimum atomic E-state index is -0.795. The summed E-state index contributed by atoms with van der Waals surface area (Å²) >= 11 is 0. The molecule has 1 rings (SSSR count). The van der Waals surface area contributed by atoms with E-state index >= 15 is 0 Å². The summed E-state index contributed by atoms with van der Waals surface area (Å²) in [5, 5.41) is 21.8. The van der Waals surface area contributed by atoms with E-state index in [0.717, 1.165) is 18.4 Å². The maximum Gasteiger partial charge on any atom is 0.114 e. The van der Waals surface area contributed by atoms with Crippen LogP contribution in [0.5, 0.6) is 0 Å². The number of aliphatic hydroxyl groups excluding tert-OH is 1. The summed E-state index contributed by atoms with van der Waals surface area (Å²) in [5.41, 5.74) is 0.275. The normalized spacial score (nSPS) is 20.7. The molecule has 3 atom stereocenters. The van der Waals surface area contributed by atoms with Crippen molar-refractivity contribution in [2.45, 2.75) is 155 Å². The fraction of sp³-hybridized carbons (Fsp3) is 0.867. The van der Waals surface area contributed by atoms with Gasteiger partial charge in [-0.3, -0.25) is 0 Å². The van der Waals surface area contributed by atoms with Crippen molar-refractivity contribution in [1.82, 2.24) is 0 Å². The van der Waals surface area contributed by atoms with Gasteiger partial charge in [-0.05, 0) is 42.4 Å². The summed E-state index contributed by atoms with van der Waals surface area (Å²) in [4.78, 5) is 0. The van der Waals surface area contributed by atoms with Crippen LogP contribution in [0, 0.1) is 11.8 Å². The zero-order chi connectivity index (χ0) is 23.7. The van der Waals surface area contributed by atoms with Gasteiger partial charge in [0.25, 0.3) is 0 Å². The van der Waals surface area contributed by atoms with Crippen LogP contribution in [0.4, 0.5) is 0 Å². The molecule has 0 radical (unpaired) electrons. The van der Waals surface area contributed by atoms with Crippen LogP contribution in [-0.4, -0.2) is 15.8 Å². The molecule has 0 amide bonds. The van der Waals surface area contributed by atoms with E-state index in [0.29, 0.717) is 18.1 Å². The van der Waals surface area contributed by atoms with Crippen LogP contribution in [0.3, 0.4) is 0 Å². The first-order valence-electron chi connectivity index (χ1n) is 14.3. The van der Waals surface area contributed by atoms with E-state index in [9.17, 15) is 10.2 Å². The molecule has 0 fully saturated rings. The van der Waals surface area contributed by atoms with E-state index in [4.69, 9.17) is 0 Å². The van der Waals surface area contributed by atoms with Crippen molar-refractivity contribution in [3.05, 3.63) is 23.5 Å². The van der Waals surface area contributed by atoms with Crippen molar-refractivity contribution < 1.29 is 10.2 Å². The fourth-order valence-corrected chi connectivity index (χ4v) is 5.14. The molecule has 2 heteroatoms. The molecule has 0 saturated carbocycles. The van der Waals surface area contributed by atoms with E-state index < -0.39 is 5.60 Å². The summed E-state index contributed by atoms with van der Waals surface area (Å²) in [6, 6.07) is 0. The molecule has 0 aromatic carbocycles. The van der Waals surface area contributed by atoms with Gasteiger partial charge in [0.15, 0.2) is 0 Å². The highest BCUT2D eigenvalue weighted by Crippen LogP contribution is 2.38. The molecule has 0 aliphatic heterocycles. The molecule has 0 saturated heterocycles. The molecule has 0 spiro atoms. The topological polar surface area (TPSA) is 40.5 Å². The Morgan fingerprint density at radius 2 is 1.16 bits per heavy atom. The average Bonchev–Trinajstić information content (AvgIpc) is 2.78. The third-order valence-corrected chi connectivity index (χ3v) is 7.76. The number of hydrogen-bond donors (Lipinski definition) is 2. The summed E-state index contributed by atoms with van der Waals surface area (Å²) in [7, 11) is 0. The van der Waals surface area contributed by atoms with E-state index in [1.165, 1.54) is 103 Å². The molecule has 0 bridgehead atoms. The lowest BCUT2D eigenvalue weighted by atomic mass is 9.74. The van der Waals surface area contributed by atoms with Gasteiger partial charge in [-0.25, -0.2) is 0 Å². The molecular weight excluding hydrogens is 392 g/mol. The lowest BCUT2D eigenvalue weighted by molar-refractivity contribution is 0.0255. The predicted molar refractivity (Wildman–Crippen MR) is 141 cm³/mol. The monoisotopic (exact) mass is 448 g/mol. The van der Waals surface area contributed by atoms with E-state index in [1.54, 1.807) is 6.08 Å². The predicted octanol–water partition coefficient (Wildman–Crippen LogP) is 9.82. The Kier molecular flexibility index (Phi) is 16.2. The largest absolute Gasteiger partial charge is 0.508 e. The lowest BCUT2D eigenvalue weighted by Gasteiger charge is -2.36. The van der Waals surface area contributed by atoms with Gasteiger partial charge < -0.3 is 10.2 Å². The summed E-state index contributed by atoms with van der Waals surface area (Å²) in [6.07, 6.45) is 27.7. The number of hydrogen-bond acceptors (Lipinski definition) is 2. The SMILES string of the molecule is CCCCCCCCCCC(C)C1=C(O)C=CC(O)(C(C)CCCCCCCCCC)C1. The van der Waals surface area contributed by atoms with Gasteiger partial charge in [0.1, 0.15) is 5.76 Å². The highest BCUT2D eigenvalue weighted by Gasteiger charge is 2.36. The summed E-state index contributed by atoms with van der Waals surface area (Å²) in [5.74, 6) is 0.986. The van der Waals surface area contributed by atoms with Gasteiger partial charge in [0.2, 0.25) is 0 Å². The van der Waals surface area contributed by atoms with Crippen molar-refractivity contribution in [2.24, 2.45) is 11.8 Å². The van der Waals surface area contributed by atoms with Crippen LogP contribution in [0.25, 0.3) is 0 Å². The Morgan fingerprint density at radius 3 is 1.66 bits per heavy atom. The van der Waals surface area contributed by atoms with Crippen LogP contribution in [-0.2, 0) is 0 Å². The van der Waals surface area contributed by atoms with Crippen molar-refractivity contribution in [3.8, 4) is 0 Å². The number of unbranched alkanes of at least 4 members (excludes halogenated alkanes) is 14. The maximum atomic E-state index is 11.4.